The van der Waals surface area contributed by atoms with Crippen molar-refractivity contribution in [3.8, 4) is 0 Å². The third-order valence-corrected chi connectivity index (χ3v) is 4.89. The first-order chi connectivity index (χ1) is 12.9. The molecule has 1 amide bonds. The van der Waals surface area contributed by atoms with Crippen LogP contribution < -0.4 is 10.6 Å². The summed E-state index contributed by atoms with van der Waals surface area (Å²) in [6.07, 6.45) is -0.910. The number of nitrogens with zero attached hydrogens (tertiary/aromatic N) is 1. The Morgan fingerprint density at radius 3 is 2.19 bits per heavy atom. The zero-order valence-corrected chi connectivity index (χ0v) is 15.7. The molecule has 2 heterocycles. The Bertz CT molecular complexity index is 954. The van der Waals surface area contributed by atoms with Crippen molar-refractivity contribution in [2.24, 2.45) is 0 Å². The van der Waals surface area contributed by atoms with E-state index in [0.29, 0.717) is 22.5 Å². The number of hydrogen-bond donors (Lipinski definition) is 3. The van der Waals surface area contributed by atoms with Crippen LogP contribution in [0.3, 0.4) is 0 Å². The molecule has 27 heavy (non-hydrogen) atoms. The minimum absolute atomic E-state index is 0.183. The normalized spacial score (nSPS) is 18.9. The number of fused-ring (bicyclic) bond motifs is 1. The van der Waals surface area contributed by atoms with E-state index >= 15 is 0 Å². The van der Waals surface area contributed by atoms with E-state index in [1.807, 2.05) is 69.6 Å². The highest BCUT2D eigenvalue weighted by Crippen LogP contribution is 2.39. The van der Waals surface area contributed by atoms with Gasteiger partial charge in [-0.25, -0.2) is 0 Å². The van der Waals surface area contributed by atoms with Crippen molar-refractivity contribution in [1.82, 2.24) is 15.5 Å². The van der Waals surface area contributed by atoms with Gasteiger partial charge in [0.25, 0.3) is 5.91 Å². The highest BCUT2D eigenvalue weighted by Gasteiger charge is 2.40. The van der Waals surface area contributed by atoms with Crippen LogP contribution in [0.5, 0.6) is 0 Å². The Kier molecular flexibility index (Phi) is 4.34. The molecule has 0 aliphatic carbocycles. The smallest absolute Gasteiger partial charge is 0.258 e. The van der Waals surface area contributed by atoms with Gasteiger partial charge in [0.2, 0.25) is 0 Å². The molecule has 0 aromatic heterocycles. The molecule has 1 atom stereocenters. The van der Waals surface area contributed by atoms with Crippen LogP contribution in [0.4, 0.5) is 0 Å². The second kappa shape index (κ2) is 6.68. The average molecular weight is 361 g/mol. The van der Waals surface area contributed by atoms with Gasteiger partial charge in [0, 0.05) is 12.1 Å². The zero-order valence-electron chi connectivity index (χ0n) is 15.7. The van der Waals surface area contributed by atoms with E-state index in [4.69, 9.17) is 0 Å². The predicted octanol–water partition coefficient (Wildman–Crippen LogP) is 2.23. The second-order valence-corrected chi connectivity index (χ2v) is 7.34. The fourth-order valence-electron chi connectivity index (χ4n) is 3.61. The summed E-state index contributed by atoms with van der Waals surface area (Å²) >= 11 is 0. The molecule has 138 valence electrons. The highest BCUT2D eigenvalue weighted by molar-refractivity contribution is 6.16. The number of rotatable bonds is 4. The third-order valence-electron chi connectivity index (χ3n) is 4.89. The third kappa shape index (κ3) is 3.16. The summed E-state index contributed by atoms with van der Waals surface area (Å²) in [5.41, 5.74) is 6.62. The molecule has 4 rings (SSSR count). The van der Waals surface area contributed by atoms with Crippen molar-refractivity contribution in [3.63, 3.8) is 0 Å². The zero-order chi connectivity index (χ0) is 19.1. The van der Waals surface area contributed by atoms with Crippen LogP contribution in [0.1, 0.15) is 22.3 Å². The summed E-state index contributed by atoms with van der Waals surface area (Å²) < 4.78 is 0. The summed E-state index contributed by atoms with van der Waals surface area (Å²) in [5.74, 6) is -0.183. The number of hydrogen-bond acceptors (Lipinski definition) is 4. The molecule has 0 fully saturated rings. The molecule has 2 aliphatic heterocycles. The van der Waals surface area contributed by atoms with E-state index in [-0.39, 0.29) is 5.91 Å². The molecule has 2 aromatic rings. The van der Waals surface area contributed by atoms with Gasteiger partial charge in [-0.2, -0.15) is 0 Å². The highest BCUT2D eigenvalue weighted by atomic mass is 16.3. The molecule has 0 radical (unpaired) electrons. The number of amides is 1. The molecular formula is C22H23N3O2. The van der Waals surface area contributed by atoms with Crippen LogP contribution in [0.25, 0.3) is 11.4 Å². The van der Waals surface area contributed by atoms with Crippen molar-refractivity contribution in [3.05, 3.63) is 81.9 Å². The van der Waals surface area contributed by atoms with Crippen molar-refractivity contribution in [2.45, 2.75) is 19.7 Å². The lowest BCUT2D eigenvalue weighted by Gasteiger charge is -2.13. The largest absolute Gasteiger partial charge is 0.369 e. The molecule has 1 unspecified atom stereocenters. The van der Waals surface area contributed by atoms with Gasteiger partial charge in [-0.1, -0.05) is 54.1 Å². The fourth-order valence-corrected chi connectivity index (χ4v) is 3.61. The molecule has 5 heteroatoms. The monoisotopic (exact) mass is 361 g/mol. The number of nitrogens with one attached hydrogen (secondary N) is 2. The molecule has 0 bridgehead atoms. The first-order valence-corrected chi connectivity index (χ1v) is 9.00. The van der Waals surface area contributed by atoms with Gasteiger partial charge in [-0.15, -0.1) is 0 Å². The van der Waals surface area contributed by atoms with E-state index < -0.39 is 6.23 Å². The lowest BCUT2D eigenvalue weighted by molar-refractivity contribution is -0.115. The molecule has 2 aromatic carbocycles. The molecule has 0 saturated carbocycles. The topological polar surface area (TPSA) is 64.6 Å². The number of aliphatic hydroxyl groups excluding tert-OH is 1. The van der Waals surface area contributed by atoms with Gasteiger partial charge in [0.15, 0.2) is 6.23 Å². The van der Waals surface area contributed by atoms with Gasteiger partial charge >= 0.3 is 0 Å². The number of aryl methyl sites for hydroxylation is 1. The van der Waals surface area contributed by atoms with Crippen molar-refractivity contribution in [2.75, 3.05) is 14.1 Å². The second-order valence-electron chi connectivity index (χ2n) is 7.34. The quantitative estimate of drug-likeness (QED) is 0.781. The minimum Gasteiger partial charge on any atom is -0.369 e. The molecular weight excluding hydrogens is 338 g/mol. The molecule has 3 N–H and O–H groups in total. The van der Waals surface area contributed by atoms with E-state index in [2.05, 4.69) is 15.5 Å². The first kappa shape index (κ1) is 17.5. The van der Waals surface area contributed by atoms with E-state index in [0.717, 1.165) is 23.2 Å². The Balaban J connectivity index is 1.75. The van der Waals surface area contributed by atoms with Gasteiger partial charge in [-0.3, -0.25) is 4.79 Å². The van der Waals surface area contributed by atoms with Crippen LogP contribution in [0, 0.1) is 6.92 Å². The number of benzene rings is 2. The SMILES string of the molecule is Cc1ccc(C2=C3C(=O)NC(c4ccc(CN(C)C)cc4)=C3C(O)N2)cc1. The van der Waals surface area contributed by atoms with E-state index in [1.54, 1.807) is 0 Å². The Morgan fingerprint density at radius 2 is 1.56 bits per heavy atom. The van der Waals surface area contributed by atoms with Crippen LogP contribution in [-0.4, -0.2) is 36.2 Å². The summed E-state index contributed by atoms with van der Waals surface area (Å²) in [6, 6.07) is 16.0. The summed E-state index contributed by atoms with van der Waals surface area (Å²) in [5, 5.41) is 16.6. The summed E-state index contributed by atoms with van der Waals surface area (Å²) in [7, 11) is 4.06. The maximum Gasteiger partial charge on any atom is 0.258 e. The average Bonchev–Trinajstić information content (AvgIpc) is 3.15. The van der Waals surface area contributed by atoms with Gasteiger partial charge in [-0.05, 0) is 37.7 Å². The Morgan fingerprint density at radius 1 is 0.963 bits per heavy atom. The Labute approximate surface area is 159 Å². The number of carbonyl (C=O) groups excluding carboxylic acids is 1. The van der Waals surface area contributed by atoms with E-state index in [9.17, 15) is 9.90 Å². The Hall–Kier alpha value is -2.89. The van der Waals surface area contributed by atoms with Crippen LogP contribution >= 0.6 is 0 Å². The molecule has 2 aliphatic rings. The standard InChI is InChI=1S/C22H23N3O2/c1-13-4-8-15(9-5-13)19-17-18(22(27)23-19)20(24-21(17)26)16-10-6-14(7-11-16)12-25(2)3/h4-11,22-23,27H,12H2,1-3H3,(H,24,26). The fraction of sp³-hybridized carbons (Fsp3) is 0.227. The number of carbonyl (C=O) groups is 1. The van der Waals surface area contributed by atoms with Crippen molar-refractivity contribution >= 4 is 17.3 Å². The molecule has 5 nitrogen and oxygen atoms in total. The van der Waals surface area contributed by atoms with Crippen molar-refractivity contribution in [1.29, 1.82) is 0 Å². The van der Waals surface area contributed by atoms with Gasteiger partial charge < -0.3 is 20.6 Å². The lowest BCUT2D eigenvalue weighted by Crippen LogP contribution is -2.25. The maximum absolute atomic E-state index is 12.7. The minimum atomic E-state index is -0.910. The van der Waals surface area contributed by atoms with Gasteiger partial charge in [0.1, 0.15) is 0 Å². The number of aliphatic hydroxyl groups is 1. The van der Waals surface area contributed by atoms with Crippen LogP contribution in [-0.2, 0) is 11.3 Å². The van der Waals surface area contributed by atoms with Crippen LogP contribution in [0.15, 0.2) is 59.7 Å². The molecule has 0 saturated heterocycles. The molecule has 0 spiro atoms. The first-order valence-electron chi connectivity index (χ1n) is 9.00. The maximum atomic E-state index is 12.7. The van der Waals surface area contributed by atoms with Gasteiger partial charge in [0.05, 0.1) is 17.0 Å². The summed E-state index contributed by atoms with van der Waals surface area (Å²) in [6.45, 7) is 2.87. The van der Waals surface area contributed by atoms with E-state index in [1.165, 1.54) is 5.56 Å². The van der Waals surface area contributed by atoms with Crippen molar-refractivity contribution < 1.29 is 9.90 Å². The lowest BCUT2D eigenvalue weighted by atomic mass is 10.0. The van der Waals surface area contributed by atoms with Crippen LogP contribution in [0.2, 0.25) is 0 Å². The predicted molar refractivity (Wildman–Crippen MR) is 106 cm³/mol. The summed E-state index contributed by atoms with van der Waals surface area (Å²) in [4.78, 5) is 14.8.